The Labute approximate surface area is 109 Å². The molecule has 3 atom stereocenters. The van der Waals surface area contributed by atoms with Gasteiger partial charge in [-0.15, -0.1) is 0 Å². The summed E-state index contributed by atoms with van der Waals surface area (Å²) in [6, 6.07) is 13.2. The second kappa shape index (κ2) is 5.12. The van der Waals surface area contributed by atoms with Gasteiger partial charge in [-0.1, -0.05) is 36.8 Å². The predicted molar refractivity (Wildman–Crippen MR) is 71.8 cm³/mol. The summed E-state index contributed by atoms with van der Waals surface area (Å²) in [5, 5.41) is 9.08. The fourth-order valence-electron chi connectivity index (χ4n) is 3.75. The molecular weight excluding hydrogens is 220 g/mol. The zero-order chi connectivity index (χ0) is 12.4. The SMILES string of the molecule is N#CCC(c1ccccc1)N1CC2CCCC2C1. The van der Waals surface area contributed by atoms with Gasteiger partial charge in [-0.3, -0.25) is 4.90 Å². The van der Waals surface area contributed by atoms with Crippen LogP contribution in [-0.4, -0.2) is 18.0 Å². The minimum atomic E-state index is 0.307. The van der Waals surface area contributed by atoms with E-state index in [4.69, 9.17) is 5.26 Å². The molecule has 2 heteroatoms. The summed E-state index contributed by atoms with van der Waals surface area (Å²) < 4.78 is 0. The Balaban J connectivity index is 1.77. The fourth-order valence-corrected chi connectivity index (χ4v) is 3.75. The van der Waals surface area contributed by atoms with Crippen LogP contribution < -0.4 is 0 Å². The highest BCUT2D eigenvalue weighted by Crippen LogP contribution is 2.41. The minimum Gasteiger partial charge on any atom is -0.295 e. The van der Waals surface area contributed by atoms with Crippen molar-refractivity contribution in [3.8, 4) is 6.07 Å². The van der Waals surface area contributed by atoms with Crippen molar-refractivity contribution in [3.05, 3.63) is 35.9 Å². The maximum atomic E-state index is 9.08. The van der Waals surface area contributed by atoms with Crippen molar-refractivity contribution in [2.75, 3.05) is 13.1 Å². The molecule has 0 N–H and O–H groups in total. The first-order valence-electron chi connectivity index (χ1n) is 7.04. The first kappa shape index (κ1) is 11.7. The average molecular weight is 240 g/mol. The lowest BCUT2D eigenvalue weighted by molar-refractivity contribution is 0.229. The number of likely N-dealkylation sites (tertiary alicyclic amines) is 1. The molecule has 2 fully saturated rings. The van der Waals surface area contributed by atoms with Gasteiger partial charge in [0.05, 0.1) is 12.5 Å². The smallest absolute Gasteiger partial charge is 0.0641 e. The Bertz CT molecular complexity index is 422. The number of fused-ring (bicyclic) bond motifs is 1. The third kappa shape index (κ3) is 2.15. The van der Waals surface area contributed by atoms with Crippen molar-refractivity contribution < 1.29 is 0 Å². The van der Waals surface area contributed by atoms with Gasteiger partial charge in [0.25, 0.3) is 0 Å². The molecular formula is C16H20N2. The normalized spacial score (nSPS) is 28.8. The molecule has 1 aromatic rings. The topological polar surface area (TPSA) is 27.0 Å². The third-order valence-electron chi connectivity index (χ3n) is 4.66. The van der Waals surface area contributed by atoms with Crippen molar-refractivity contribution in [2.45, 2.75) is 31.7 Å². The second-order valence-electron chi connectivity index (χ2n) is 5.69. The van der Waals surface area contributed by atoms with E-state index in [2.05, 4.69) is 35.2 Å². The maximum absolute atomic E-state index is 9.08. The number of benzene rings is 1. The summed E-state index contributed by atoms with van der Waals surface area (Å²) >= 11 is 0. The fraction of sp³-hybridized carbons (Fsp3) is 0.562. The molecule has 0 radical (unpaired) electrons. The van der Waals surface area contributed by atoms with Crippen LogP contribution in [0.3, 0.4) is 0 Å². The Morgan fingerprint density at radius 3 is 2.44 bits per heavy atom. The molecule has 1 saturated carbocycles. The lowest BCUT2D eigenvalue weighted by Crippen LogP contribution is -2.27. The van der Waals surface area contributed by atoms with Gasteiger partial charge in [0.15, 0.2) is 0 Å². The second-order valence-corrected chi connectivity index (χ2v) is 5.69. The molecule has 18 heavy (non-hydrogen) atoms. The van der Waals surface area contributed by atoms with E-state index in [0.29, 0.717) is 12.5 Å². The molecule has 1 aliphatic heterocycles. The summed E-state index contributed by atoms with van der Waals surface area (Å²) in [6.07, 6.45) is 4.82. The van der Waals surface area contributed by atoms with E-state index in [1.165, 1.54) is 37.9 Å². The molecule has 2 nitrogen and oxygen atoms in total. The van der Waals surface area contributed by atoms with Gasteiger partial charge in [0.1, 0.15) is 0 Å². The van der Waals surface area contributed by atoms with Crippen molar-refractivity contribution in [3.63, 3.8) is 0 Å². The van der Waals surface area contributed by atoms with Gasteiger partial charge < -0.3 is 0 Å². The van der Waals surface area contributed by atoms with E-state index in [1.54, 1.807) is 0 Å². The molecule has 1 heterocycles. The van der Waals surface area contributed by atoms with Crippen LogP contribution in [0, 0.1) is 23.2 Å². The number of rotatable bonds is 3. The molecule has 0 aromatic heterocycles. The molecule has 0 bridgehead atoms. The van der Waals surface area contributed by atoms with Crippen LogP contribution in [-0.2, 0) is 0 Å². The highest BCUT2D eigenvalue weighted by Gasteiger charge is 2.38. The Hall–Kier alpha value is -1.33. The summed E-state index contributed by atoms with van der Waals surface area (Å²) in [4.78, 5) is 2.55. The van der Waals surface area contributed by atoms with Crippen LogP contribution in [0.15, 0.2) is 30.3 Å². The first-order chi connectivity index (χ1) is 8.88. The third-order valence-corrected chi connectivity index (χ3v) is 4.66. The Kier molecular flexibility index (Phi) is 3.34. The van der Waals surface area contributed by atoms with E-state index in [1.807, 2.05) is 6.07 Å². The molecule has 3 unspecified atom stereocenters. The number of hydrogen-bond acceptors (Lipinski definition) is 2. The van der Waals surface area contributed by atoms with Crippen molar-refractivity contribution >= 4 is 0 Å². The van der Waals surface area contributed by atoms with Crippen molar-refractivity contribution in [1.29, 1.82) is 5.26 Å². The standard InChI is InChI=1S/C16H20N2/c17-10-9-16(13-5-2-1-3-6-13)18-11-14-7-4-8-15(14)12-18/h1-3,5-6,14-16H,4,7-9,11-12H2. The molecule has 94 valence electrons. The summed E-state index contributed by atoms with van der Waals surface area (Å²) in [5.41, 5.74) is 1.30. The van der Waals surface area contributed by atoms with Gasteiger partial charge in [-0.25, -0.2) is 0 Å². The van der Waals surface area contributed by atoms with Crippen molar-refractivity contribution in [1.82, 2.24) is 4.90 Å². The van der Waals surface area contributed by atoms with Crippen LogP contribution in [0.1, 0.15) is 37.3 Å². The number of nitriles is 1. The Morgan fingerprint density at radius 2 is 1.83 bits per heavy atom. The van der Waals surface area contributed by atoms with Crippen LogP contribution in [0.5, 0.6) is 0 Å². The minimum absolute atomic E-state index is 0.307. The van der Waals surface area contributed by atoms with Crippen molar-refractivity contribution in [2.24, 2.45) is 11.8 Å². The van der Waals surface area contributed by atoms with Gasteiger partial charge in [-0.05, 0) is 30.2 Å². The molecule has 0 amide bonds. The van der Waals surface area contributed by atoms with Gasteiger partial charge in [0, 0.05) is 19.1 Å². The number of nitrogens with zero attached hydrogens (tertiary/aromatic N) is 2. The average Bonchev–Trinajstić information content (AvgIpc) is 2.97. The lowest BCUT2D eigenvalue weighted by atomic mass is 10.0. The summed E-state index contributed by atoms with van der Waals surface area (Å²) in [6.45, 7) is 2.40. The van der Waals surface area contributed by atoms with E-state index >= 15 is 0 Å². The van der Waals surface area contributed by atoms with E-state index < -0.39 is 0 Å². The molecule has 1 aliphatic carbocycles. The molecule has 2 aliphatic rings. The summed E-state index contributed by atoms with van der Waals surface area (Å²) in [7, 11) is 0. The zero-order valence-electron chi connectivity index (χ0n) is 10.8. The van der Waals surface area contributed by atoms with E-state index in [0.717, 1.165) is 11.8 Å². The van der Waals surface area contributed by atoms with Crippen LogP contribution in [0.4, 0.5) is 0 Å². The highest BCUT2D eigenvalue weighted by atomic mass is 15.2. The zero-order valence-corrected chi connectivity index (χ0v) is 10.8. The van der Waals surface area contributed by atoms with Crippen LogP contribution in [0.25, 0.3) is 0 Å². The molecule has 3 rings (SSSR count). The van der Waals surface area contributed by atoms with E-state index in [9.17, 15) is 0 Å². The van der Waals surface area contributed by atoms with Gasteiger partial charge in [0.2, 0.25) is 0 Å². The van der Waals surface area contributed by atoms with E-state index in [-0.39, 0.29) is 0 Å². The van der Waals surface area contributed by atoms with Crippen LogP contribution >= 0.6 is 0 Å². The quantitative estimate of drug-likeness (QED) is 0.810. The maximum Gasteiger partial charge on any atom is 0.0641 e. The number of hydrogen-bond donors (Lipinski definition) is 0. The van der Waals surface area contributed by atoms with Gasteiger partial charge >= 0.3 is 0 Å². The summed E-state index contributed by atoms with van der Waals surface area (Å²) in [5.74, 6) is 1.80. The first-order valence-corrected chi connectivity index (χ1v) is 7.04. The molecule has 1 aromatic carbocycles. The lowest BCUT2D eigenvalue weighted by Gasteiger charge is -2.27. The van der Waals surface area contributed by atoms with Gasteiger partial charge in [-0.2, -0.15) is 5.26 Å². The molecule has 1 saturated heterocycles. The Morgan fingerprint density at radius 1 is 1.17 bits per heavy atom. The predicted octanol–water partition coefficient (Wildman–Crippen LogP) is 3.37. The molecule has 0 spiro atoms. The van der Waals surface area contributed by atoms with Crippen LogP contribution in [0.2, 0.25) is 0 Å². The largest absolute Gasteiger partial charge is 0.295 e. The monoisotopic (exact) mass is 240 g/mol. The highest BCUT2D eigenvalue weighted by molar-refractivity contribution is 5.20.